The van der Waals surface area contributed by atoms with Crippen molar-refractivity contribution in [3.05, 3.63) is 0 Å². The van der Waals surface area contributed by atoms with Gasteiger partial charge in [0.15, 0.2) is 0 Å². The molecule has 0 radical (unpaired) electrons. The van der Waals surface area contributed by atoms with E-state index < -0.39 is 67.4 Å². The summed E-state index contributed by atoms with van der Waals surface area (Å²) in [5.41, 5.74) is 5.18. The van der Waals surface area contributed by atoms with Crippen LogP contribution in [-0.4, -0.2) is 88.3 Å². The second kappa shape index (κ2) is 13.7. The molecule has 0 rings (SSSR count). The number of hydrogen-bond donors (Lipinski definition) is 7. The number of amides is 3. The first-order valence-electron chi connectivity index (χ1n) is 8.30. The van der Waals surface area contributed by atoms with Crippen LogP contribution in [-0.2, 0) is 24.0 Å². The molecule has 0 heterocycles. The van der Waals surface area contributed by atoms with Crippen LogP contribution in [0.25, 0.3) is 0 Å². The van der Waals surface area contributed by atoms with Crippen molar-refractivity contribution in [2.24, 2.45) is 5.73 Å². The fraction of sp³-hybridized carbons (Fsp3) is 0.667. The molecule has 0 aliphatic rings. The molecule has 8 N–H and O–H groups in total. The molecule has 0 fully saturated rings. The number of rotatable bonds is 14. The third-order valence-corrected chi connectivity index (χ3v) is 4.17. The van der Waals surface area contributed by atoms with Crippen molar-refractivity contribution in [3.63, 3.8) is 0 Å². The normalized spacial score (nSPS) is 13.7. The number of nitrogens with two attached hydrogens (primary N) is 1. The van der Waals surface area contributed by atoms with Gasteiger partial charge >= 0.3 is 11.9 Å². The Hall–Kier alpha value is -2.38. The molecule has 0 aliphatic carbocycles. The van der Waals surface area contributed by atoms with Gasteiger partial charge in [-0.15, -0.1) is 0 Å². The highest BCUT2D eigenvalue weighted by molar-refractivity contribution is 7.98. The zero-order valence-electron chi connectivity index (χ0n) is 15.3. The van der Waals surface area contributed by atoms with Gasteiger partial charge in [-0.05, 0) is 24.9 Å². The van der Waals surface area contributed by atoms with E-state index in [2.05, 4.69) is 16.0 Å². The third kappa shape index (κ3) is 10.1. The van der Waals surface area contributed by atoms with E-state index in [1.54, 1.807) is 6.26 Å². The Morgan fingerprint density at radius 1 is 0.929 bits per heavy atom. The molecule has 0 saturated heterocycles. The van der Waals surface area contributed by atoms with E-state index in [9.17, 15) is 24.0 Å². The van der Waals surface area contributed by atoms with Gasteiger partial charge in [0.05, 0.1) is 13.2 Å². The summed E-state index contributed by atoms with van der Waals surface area (Å²) in [5.74, 6) is -4.48. The molecule has 0 aromatic rings. The molecular weight excluding hydrogens is 396 g/mol. The van der Waals surface area contributed by atoms with Crippen LogP contribution < -0.4 is 21.7 Å². The second-order valence-corrected chi connectivity index (χ2v) is 6.67. The Kier molecular flexibility index (Phi) is 12.6. The Morgan fingerprint density at radius 3 is 1.89 bits per heavy atom. The van der Waals surface area contributed by atoms with E-state index in [0.717, 1.165) is 0 Å². The van der Waals surface area contributed by atoms with Crippen LogP contribution in [0.4, 0.5) is 0 Å². The smallest absolute Gasteiger partial charge is 0.328 e. The van der Waals surface area contributed by atoms with Crippen molar-refractivity contribution in [3.8, 4) is 0 Å². The number of carboxylic acid groups (broad SMARTS) is 2. The van der Waals surface area contributed by atoms with E-state index in [0.29, 0.717) is 5.75 Å². The molecule has 3 amide bonds. The van der Waals surface area contributed by atoms with Gasteiger partial charge in [-0.2, -0.15) is 11.8 Å². The maximum Gasteiger partial charge on any atom is 0.328 e. The number of thioether (sulfide) groups is 1. The molecular formula is C15H26N4O8S. The summed E-state index contributed by atoms with van der Waals surface area (Å²) in [6.07, 6.45) is 1.28. The number of carbonyl (C=O) groups excluding carboxylic acids is 3. The predicted molar refractivity (Wildman–Crippen MR) is 99.4 cm³/mol. The molecule has 0 aromatic carbocycles. The average molecular weight is 422 g/mol. The Balaban J connectivity index is 5.23. The predicted octanol–water partition coefficient (Wildman–Crippen LogP) is -2.91. The maximum absolute atomic E-state index is 12.5. The van der Waals surface area contributed by atoms with E-state index in [4.69, 9.17) is 21.1 Å². The van der Waals surface area contributed by atoms with Gasteiger partial charge in [0, 0.05) is 6.42 Å². The summed E-state index contributed by atoms with van der Waals surface area (Å²) in [5, 5.41) is 33.5. The van der Waals surface area contributed by atoms with Gasteiger partial charge in [-0.1, -0.05) is 0 Å². The number of carbonyl (C=O) groups is 5. The lowest BCUT2D eigenvalue weighted by molar-refractivity contribution is -0.143. The summed E-state index contributed by atoms with van der Waals surface area (Å²) in [6.45, 7) is -1.25. The van der Waals surface area contributed by atoms with Crippen LogP contribution in [0.15, 0.2) is 0 Å². The second-order valence-electron chi connectivity index (χ2n) is 5.68. The molecule has 0 bridgehead atoms. The zero-order valence-corrected chi connectivity index (χ0v) is 16.2. The Morgan fingerprint density at radius 2 is 1.46 bits per heavy atom. The average Bonchev–Trinajstić information content (AvgIpc) is 2.65. The number of aliphatic hydroxyl groups excluding tert-OH is 1. The molecule has 28 heavy (non-hydrogen) atoms. The van der Waals surface area contributed by atoms with Crippen molar-refractivity contribution in [2.45, 2.75) is 37.4 Å². The number of nitrogens with one attached hydrogen (secondary N) is 3. The van der Waals surface area contributed by atoms with Crippen LogP contribution in [0.5, 0.6) is 0 Å². The lowest BCUT2D eigenvalue weighted by Gasteiger charge is -2.23. The lowest BCUT2D eigenvalue weighted by Crippen LogP contribution is -2.56. The van der Waals surface area contributed by atoms with Crippen molar-refractivity contribution < 1.29 is 39.3 Å². The lowest BCUT2D eigenvalue weighted by atomic mass is 10.1. The largest absolute Gasteiger partial charge is 0.481 e. The number of hydrogen-bond acceptors (Lipinski definition) is 8. The molecule has 160 valence electrons. The maximum atomic E-state index is 12.5. The fourth-order valence-corrected chi connectivity index (χ4v) is 2.50. The molecule has 0 saturated carbocycles. The van der Waals surface area contributed by atoms with E-state index in [-0.39, 0.29) is 12.8 Å². The van der Waals surface area contributed by atoms with Crippen LogP contribution >= 0.6 is 11.8 Å². The highest BCUT2D eigenvalue weighted by Gasteiger charge is 2.29. The standard InChI is InChI=1S/C15H26N4O8S/c1-28-5-4-9(14(25)19-10(7-20)15(26)27)18-13(24)8(2-3-12(22)23)17-11(21)6-16/h8-10,20H,2-7,16H2,1H3,(H,17,21)(H,18,24)(H,19,25)(H,22,23)(H,26,27). The molecule has 13 heteroatoms. The fourth-order valence-electron chi connectivity index (χ4n) is 2.02. The van der Waals surface area contributed by atoms with E-state index in [1.807, 2.05) is 0 Å². The van der Waals surface area contributed by atoms with Gasteiger partial charge in [0.2, 0.25) is 17.7 Å². The highest BCUT2D eigenvalue weighted by atomic mass is 32.2. The minimum Gasteiger partial charge on any atom is -0.481 e. The molecule has 0 spiro atoms. The van der Waals surface area contributed by atoms with Crippen LogP contribution in [0, 0.1) is 0 Å². The monoisotopic (exact) mass is 422 g/mol. The molecule has 0 aliphatic heterocycles. The third-order valence-electron chi connectivity index (χ3n) is 3.52. The van der Waals surface area contributed by atoms with E-state index >= 15 is 0 Å². The van der Waals surface area contributed by atoms with Crippen molar-refractivity contribution in [2.75, 3.05) is 25.2 Å². The summed E-state index contributed by atoms with van der Waals surface area (Å²) in [6, 6.07) is -3.92. The minimum absolute atomic E-state index is 0.146. The first-order valence-corrected chi connectivity index (χ1v) is 9.70. The first-order chi connectivity index (χ1) is 13.2. The van der Waals surface area contributed by atoms with Crippen molar-refractivity contribution in [1.29, 1.82) is 0 Å². The van der Waals surface area contributed by atoms with Gasteiger partial charge in [0.1, 0.15) is 18.1 Å². The minimum atomic E-state index is -1.54. The van der Waals surface area contributed by atoms with Crippen LogP contribution in [0.3, 0.4) is 0 Å². The Bertz CT molecular complexity index is 574. The first kappa shape index (κ1) is 25.6. The van der Waals surface area contributed by atoms with Gasteiger partial charge in [-0.25, -0.2) is 4.79 Å². The van der Waals surface area contributed by atoms with Gasteiger partial charge in [-0.3, -0.25) is 19.2 Å². The van der Waals surface area contributed by atoms with Crippen LogP contribution in [0.2, 0.25) is 0 Å². The quantitative estimate of drug-likeness (QED) is 0.152. The van der Waals surface area contributed by atoms with Gasteiger partial charge < -0.3 is 37.0 Å². The van der Waals surface area contributed by atoms with E-state index in [1.165, 1.54) is 11.8 Å². The highest BCUT2D eigenvalue weighted by Crippen LogP contribution is 2.05. The molecule has 3 unspecified atom stereocenters. The molecule has 12 nitrogen and oxygen atoms in total. The topological polar surface area (TPSA) is 208 Å². The van der Waals surface area contributed by atoms with Crippen LogP contribution in [0.1, 0.15) is 19.3 Å². The van der Waals surface area contributed by atoms with Crippen molar-refractivity contribution in [1.82, 2.24) is 16.0 Å². The summed E-state index contributed by atoms with van der Waals surface area (Å²) >= 11 is 1.38. The number of aliphatic hydroxyl groups is 1. The number of carboxylic acids is 2. The Labute approximate surface area is 165 Å². The summed E-state index contributed by atoms with van der Waals surface area (Å²) in [4.78, 5) is 58.0. The number of aliphatic carboxylic acids is 2. The molecule has 0 aromatic heterocycles. The SMILES string of the molecule is CSCCC(NC(=O)C(CCC(=O)O)NC(=O)CN)C(=O)NC(CO)C(=O)O. The molecule has 3 atom stereocenters. The summed E-state index contributed by atoms with van der Waals surface area (Å²) < 4.78 is 0. The zero-order chi connectivity index (χ0) is 21.7. The summed E-state index contributed by atoms with van der Waals surface area (Å²) in [7, 11) is 0. The van der Waals surface area contributed by atoms with Crippen molar-refractivity contribution >= 4 is 41.4 Å². The van der Waals surface area contributed by atoms with Gasteiger partial charge in [0.25, 0.3) is 0 Å².